The summed E-state index contributed by atoms with van der Waals surface area (Å²) in [6, 6.07) is 20.5. The summed E-state index contributed by atoms with van der Waals surface area (Å²) < 4.78 is 26.5. The first-order valence-electron chi connectivity index (χ1n) is 12.1. The van der Waals surface area contributed by atoms with Crippen LogP contribution in [0.25, 0.3) is 0 Å². The first-order valence-corrected chi connectivity index (χ1v) is 14.7. The van der Waals surface area contributed by atoms with Gasteiger partial charge >= 0.3 is 0 Å². The number of halogens is 2. The van der Waals surface area contributed by atoms with Gasteiger partial charge in [0, 0.05) is 24.5 Å². The molecule has 0 heterocycles. The molecule has 1 atom stereocenters. The summed E-state index contributed by atoms with van der Waals surface area (Å²) in [5.41, 5.74) is 2.85. The monoisotopic (exact) mass is 575 g/mol. The van der Waals surface area contributed by atoms with Gasteiger partial charge < -0.3 is 10.2 Å². The van der Waals surface area contributed by atoms with Crippen molar-refractivity contribution in [3.63, 3.8) is 0 Å². The molecule has 38 heavy (non-hydrogen) atoms. The molecule has 0 spiro atoms. The van der Waals surface area contributed by atoms with Gasteiger partial charge in [-0.25, -0.2) is 8.42 Å². The highest BCUT2D eigenvalue weighted by Gasteiger charge is 2.33. The van der Waals surface area contributed by atoms with Gasteiger partial charge in [-0.2, -0.15) is 0 Å². The molecule has 0 fully saturated rings. The Kier molecular flexibility index (Phi) is 10.2. The van der Waals surface area contributed by atoms with Crippen LogP contribution >= 0.6 is 23.2 Å². The molecule has 3 aromatic carbocycles. The van der Waals surface area contributed by atoms with Crippen molar-refractivity contribution < 1.29 is 18.0 Å². The molecule has 0 aliphatic rings. The van der Waals surface area contributed by atoms with Crippen LogP contribution in [0.5, 0.6) is 0 Å². The van der Waals surface area contributed by atoms with E-state index in [9.17, 15) is 18.0 Å². The van der Waals surface area contributed by atoms with E-state index in [4.69, 9.17) is 23.2 Å². The highest BCUT2D eigenvalue weighted by Crippen LogP contribution is 2.30. The minimum Gasteiger partial charge on any atom is -0.355 e. The lowest BCUT2D eigenvalue weighted by Crippen LogP contribution is -2.53. The number of carbonyl (C=O) groups excluding carboxylic acids is 2. The standard InChI is InChI=1S/C28H31Cl2N3O4S/c1-4-31-28(35)26(16-21-8-6-5-7-9-21)32(18-22-12-10-20(2)11-13-22)27(34)19-33(38(3,36)37)25-15-14-23(29)17-24(25)30/h5-15,17,26H,4,16,18-19H2,1-3H3,(H,31,35)/t26-/m1/s1. The quantitative estimate of drug-likeness (QED) is 0.354. The summed E-state index contributed by atoms with van der Waals surface area (Å²) in [5, 5.41) is 3.25. The van der Waals surface area contributed by atoms with Crippen molar-refractivity contribution in [2.45, 2.75) is 32.9 Å². The third-order valence-electron chi connectivity index (χ3n) is 5.95. The number of benzene rings is 3. The highest BCUT2D eigenvalue weighted by atomic mass is 35.5. The van der Waals surface area contributed by atoms with E-state index in [-0.39, 0.29) is 29.6 Å². The molecule has 1 N–H and O–H groups in total. The van der Waals surface area contributed by atoms with Crippen molar-refractivity contribution >= 4 is 50.7 Å². The molecule has 0 bridgehead atoms. The van der Waals surface area contributed by atoms with Crippen molar-refractivity contribution in [3.05, 3.63) is 99.5 Å². The first kappa shape index (κ1) is 29.5. The number of likely N-dealkylation sites (N-methyl/N-ethyl adjacent to an activating group) is 1. The number of rotatable bonds is 11. The summed E-state index contributed by atoms with van der Waals surface area (Å²) in [7, 11) is -3.92. The summed E-state index contributed by atoms with van der Waals surface area (Å²) in [5.74, 6) is -0.874. The van der Waals surface area contributed by atoms with Gasteiger partial charge in [-0.3, -0.25) is 13.9 Å². The minimum absolute atomic E-state index is 0.0883. The minimum atomic E-state index is -3.92. The predicted molar refractivity (Wildman–Crippen MR) is 153 cm³/mol. The van der Waals surface area contributed by atoms with E-state index in [1.165, 1.54) is 23.1 Å². The maximum absolute atomic E-state index is 13.9. The lowest BCUT2D eigenvalue weighted by Gasteiger charge is -2.33. The Morgan fingerprint density at radius 1 is 0.947 bits per heavy atom. The van der Waals surface area contributed by atoms with Crippen LogP contribution in [-0.2, 0) is 32.6 Å². The molecule has 7 nitrogen and oxygen atoms in total. The Hall–Kier alpha value is -3.07. The number of nitrogens with one attached hydrogen (secondary N) is 1. The highest BCUT2D eigenvalue weighted by molar-refractivity contribution is 7.92. The van der Waals surface area contributed by atoms with Gasteiger partial charge in [0.2, 0.25) is 21.8 Å². The van der Waals surface area contributed by atoms with Crippen molar-refractivity contribution in [3.8, 4) is 0 Å². The van der Waals surface area contributed by atoms with Crippen LogP contribution in [0.3, 0.4) is 0 Å². The summed E-state index contributed by atoms with van der Waals surface area (Å²) in [4.78, 5) is 28.7. The first-order chi connectivity index (χ1) is 18.0. The number of anilines is 1. The molecule has 0 saturated carbocycles. The van der Waals surface area contributed by atoms with Crippen LogP contribution in [0.1, 0.15) is 23.6 Å². The van der Waals surface area contributed by atoms with E-state index in [0.29, 0.717) is 11.6 Å². The van der Waals surface area contributed by atoms with Crippen LogP contribution in [-0.4, -0.2) is 50.5 Å². The maximum atomic E-state index is 13.9. The zero-order valence-corrected chi connectivity index (χ0v) is 23.9. The van der Waals surface area contributed by atoms with E-state index in [0.717, 1.165) is 27.3 Å². The molecule has 0 saturated heterocycles. The summed E-state index contributed by atoms with van der Waals surface area (Å²) in [6.07, 6.45) is 1.26. The molecule has 3 rings (SSSR count). The van der Waals surface area contributed by atoms with E-state index in [2.05, 4.69) is 5.32 Å². The second kappa shape index (κ2) is 13.1. The Morgan fingerprint density at radius 2 is 1.61 bits per heavy atom. The van der Waals surface area contributed by atoms with Crippen LogP contribution < -0.4 is 9.62 Å². The lowest BCUT2D eigenvalue weighted by atomic mass is 10.0. The molecule has 0 radical (unpaired) electrons. The van der Waals surface area contributed by atoms with E-state index in [1.807, 2.05) is 61.5 Å². The topological polar surface area (TPSA) is 86.8 Å². The van der Waals surface area contributed by atoms with Crippen molar-refractivity contribution in [1.82, 2.24) is 10.2 Å². The Labute approximate surface area is 234 Å². The van der Waals surface area contributed by atoms with E-state index >= 15 is 0 Å². The Bertz CT molecular complexity index is 1370. The zero-order chi connectivity index (χ0) is 27.9. The van der Waals surface area contributed by atoms with Crippen molar-refractivity contribution in [2.75, 3.05) is 23.7 Å². The largest absolute Gasteiger partial charge is 0.355 e. The zero-order valence-electron chi connectivity index (χ0n) is 21.5. The number of nitrogens with zero attached hydrogens (tertiary/aromatic N) is 2. The molecular weight excluding hydrogens is 545 g/mol. The van der Waals surface area contributed by atoms with Crippen LogP contribution in [0.15, 0.2) is 72.8 Å². The molecule has 10 heteroatoms. The smallest absolute Gasteiger partial charge is 0.244 e. The Balaban J connectivity index is 2.05. The van der Waals surface area contributed by atoms with Gasteiger partial charge in [0.1, 0.15) is 12.6 Å². The number of hydrogen-bond donors (Lipinski definition) is 1. The maximum Gasteiger partial charge on any atom is 0.244 e. The number of amides is 2. The number of carbonyl (C=O) groups is 2. The second-order valence-electron chi connectivity index (χ2n) is 8.97. The SMILES string of the molecule is CCNC(=O)[C@@H](Cc1ccccc1)N(Cc1ccc(C)cc1)C(=O)CN(c1ccc(Cl)cc1Cl)S(C)(=O)=O. The fourth-order valence-corrected chi connectivity index (χ4v) is 5.44. The van der Waals surface area contributed by atoms with Gasteiger partial charge in [-0.15, -0.1) is 0 Å². The van der Waals surface area contributed by atoms with Crippen molar-refractivity contribution in [1.29, 1.82) is 0 Å². The summed E-state index contributed by atoms with van der Waals surface area (Å²) in [6.45, 7) is 3.71. The predicted octanol–water partition coefficient (Wildman–Crippen LogP) is 4.84. The second-order valence-corrected chi connectivity index (χ2v) is 11.7. The third kappa shape index (κ3) is 7.96. The molecule has 202 valence electrons. The average molecular weight is 577 g/mol. The fourth-order valence-electron chi connectivity index (χ4n) is 4.01. The van der Waals surface area contributed by atoms with Gasteiger partial charge in [0.05, 0.1) is 17.0 Å². The molecule has 0 aliphatic carbocycles. The van der Waals surface area contributed by atoms with E-state index in [1.54, 1.807) is 6.92 Å². The van der Waals surface area contributed by atoms with Gasteiger partial charge in [-0.1, -0.05) is 83.4 Å². The molecule has 2 amide bonds. The Morgan fingerprint density at radius 3 is 2.18 bits per heavy atom. The fraction of sp³-hybridized carbons (Fsp3) is 0.286. The molecular formula is C28H31Cl2N3O4S. The lowest BCUT2D eigenvalue weighted by molar-refractivity contribution is -0.140. The molecule has 3 aromatic rings. The molecule has 0 aromatic heterocycles. The van der Waals surface area contributed by atoms with Gasteiger partial charge in [-0.05, 0) is 43.2 Å². The molecule has 0 aliphatic heterocycles. The van der Waals surface area contributed by atoms with E-state index < -0.39 is 28.5 Å². The molecule has 0 unspecified atom stereocenters. The van der Waals surface area contributed by atoms with Gasteiger partial charge in [0.25, 0.3) is 0 Å². The number of hydrogen-bond acceptors (Lipinski definition) is 4. The van der Waals surface area contributed by atoms with Crippen molar-refractivity contribution in [2.24, 2.45) is 0 Å². The normalized spacial score (nSPS) is 12.0. The summed E-state index contributed by atoms with van der Waals surface area (Å²) >= 11 is 12.3. The van der Waals surface area contributed by atoms with Crippen LogP contribution in [0.4, 0.5) is 5.69 Å². The van der Waals surface area contributed by atoms with Gasteiger partial charge in [0.15, 0.2) is 0 Å². The number of sulfonamides is 1. The number of aryl methyl sites for hydroxylation is 1. The van der Waals surface area contributed by atoms with Crippen LogP contribution in [0.2, 0.25) is 10.0 Å². The average Bonchev–Trinajstić information content (AvgIpc) is 2.86. The van der Waals surface area contributed by atoms with Crippen LogP contribution in [0, 0.1) is 6.92 Å². The third-order valence-corrected chi connectivity index (χ3v) is 7.62.